The quantitative estimate of drug-likeness (QED) is 0.138. The lowest BCUT2D eigenvalue weighted by atomic mass is 9.95. The Hall–Kier alpha value is -4.65. The molecule has 1 atom stereocenters. The number of hydrogen-bond donors (Lipinski definition) is 3. The van der Waals surface area contributed by atoms with Crippen molar-refractivity contribution in [3.63, 3.8) is 0 Å². The molecule has 0 aliphatic carbocycles. The number of esters is 2. The van der Waals surface area contributed by atoms with E-state index in [1.54, 1.807) is 63.2 Å². The minimum Gasteiger partial charge on any atom is -0.493 e. The van der Waals surface area contributed by atoms with Gasteiger partial charge in [-0.15, -0.1) is 0 Å². The van der Waals surface area contributed by atoms with Crippen molar-refractivity contribution in [2.24, 2.45) is 5.10 Å². The molecule has 2 aromatic carbocycles. The van der Waals surface area contributed by atoms with Crippen LogP contribution in [0.25, 0.3) is 0 Å². The summed E-state index contributed by atoms with van der Waals surface area (Å²) < 4.78 is 26.8. The molecule has 1 aliphatic heterocycles. The normalized spacial score (nSPS) is 14.5. The van der Waals surface area contributed by atoms with Crippen LogP contribution in [0.4, 0.5) is 0 Å². The molecule has 41 heavy (non-hydrogen) atoms. The van der Waals surface area contributed by atoms with Crippen LogP contribution >= 0.6 is 12.2 Å². The van der Waals surface area contributed by atoms with E-state index in [0.717, 1.165) is 0 Å². The van der Waals surface area contributed by atoms with Gasteiger partial charge in [-0.25, -0.2) is 15.0 Å². The molecule has 0 aromatic heterocycles. The van der Waals surface area contributed by atoms with Crippen molar-refractivity contribution >= 4 is 41.4 Å². The van der Waals surface area contributed by atoms with Gasteiger partial charge in [0, 0.05) is 16.8 Å². The molecule has 1 amide bonds. The minimum absolute atomic E-state index is 0.209. The second kappa shape index (κ2) is 15.2. The average Bonchev–Trinajstić information content (AvgIpc) is 2.95. The first-order valence-electron chi connectivity index (χ1n) is 12.7. The topological polar surface area (TPSA) is 146 Å². The molecule has 2 aromatic rings. The molecule has 1 aliphatic rings. The van der Waals surface area contributed by atoms with E-state index in [9.17, 15) is 14.4 Å². The van der Waals surface area contributed by atoms with Crippen LogP contribution in [0.1, 0.15) is 37.9 Å². The van der Waals surface area contributed by atoms with Gasteiger partial charge in [0.25, 0.3) is 5.91 Å². The highest BCUT2D eigenvalue weighted by atomic mass is 32.1. The van der Waals surface area contributed by atoms with Crippen molar-refractivity contribution < 1.29 is 38.1 Å². The van der Waals surface area contributed by atoms with E-state index in [0.29, 0.717) is 39.0 Å². The number of allylic oxidation sites excluding steroid dienone is 1. The number of carbonyl (C=O) groups is 3. The van der Waals surface area contributed by atoms with Crippen molar-refractivity contribution in [3.8, 4) is 17.2 Å². The van der Waals surface area contributed by atoms with E-state index in [4.69, 9.17) is 35.9 Å². The number of methoxy groups -OCH3 is 1. The Labute approximate surface area is 243 Å². The van der Waals surface area contributed by atoms with Crippen LogP contribution in [0.15, 0.2) is 58.8 Å². The van der Waals surface area contributed by atoms with E-state index >= 15 is 0 Å². The number of nitrogens with zero attached hydrogens (tertiary/aromatic N) is 1. The molecule has 0 unspecified atom stereocenters. The molecular weight excluding hydrogens is 552 g/mol. The van der Waals surface area contributed by atoms with E-state index < -0.39 is 23.9 Å². The maximum atomic E-state index is 12.7. The molecule has 0 spiro atoms. The molecule has 0 fully saturated rings. The highest BCUT2D eigenvalue weighted by Gasteiger charge is 2.32. The van der Waals surface area contributed by atoms with Crippen LogP contribution in [0.3, 0.4) is 0 Å². The highest BCUT2D eigenvalue weighted by Crippen LogP contribution is 2.34. The zero-order chi connectivity index (χ0) is 29.8. The van der Waals surface area contributed by atoms with Crippen molar-refractivity contribution in [3.05, 3.63) is 64.9 Å². The molecule has 218 valence electrons. The fraction of sp³-hybridized carbons (Fsp3) is 0.321. The summed E-state index contributed by atoms with van der Waals surface area (Å²) in [6.07, 6.45) is 1.36. The first-order valence-corrected chi connectivity index (χ1v) is 13.1. The molecule has 0 radical (unpaired) electrons. The SMILES string of the molecule is CCOC(=O)COc1c(C=NNC(=O)COc2ccccc2[C@@H]2NC(=S)NC(C)=C2C(=O)OCC)cccc1OC. The van der Waals surface area contributed by atoms with E-state index in [-0.39, 0.29) is 32.2 Å². The number of hydrogen-bond acceptors (Lipinski definition) is 10. The Morgan fingerprint density at radius 2 is 1.73 bits per heavy atom. The van der Waals surface area contributed by atoms with Crippen LogP contribution < -0.4 is 30.3 Å². The van der Waals surface area contributed by atoms with Crippen molar-refractivity contribution in [1.82, 2.24) is 16.1 Å². The molecule has 3 N–H and O–H groups in total. The van der Waals surface area contributed by atoms with Crippen molar-refractivity contribution in [2.75, 3.05) is 33.5 Å². The third-order valence-electron chi connectivity index (χ3n) is 5.62. The number of amides is 1. The number of nitrogens with one attached hydrogen (secondary N) is 3. The molecule has 0 saturated carbocycles. The zero-order valence-corrected chi connectivity index (χ0v) is 24.0. The number of ether oxygens (including phenoxy) is 5. The molecule has 1 heterocycles. The number of benzene rings is 2. The van der Waals surface area contributed by atoms with Gasteiger partial charge in [-0.05, 0) is 51.2 Å². The third kappa shape index (κ3) is 8.42. The maximum absolute atomic E-state index is 12.7. The summed E-state index contributed by atoms with van der Waals surface area (Å²) in [6, 6.07) is 11.4. The second-order valence-electron chi connectivity index (χ2n) is 8.38. The fourth-order valence-corrected chi connectivity index (χ4v) is 4.16. The number of hydrazone groups is 1. The summed E-state index contributed by atoms with van der Waals surface area (Å²) in [7, 11) is 1.46. The number of thiocarbonyl (C=S) groups is 1. The van der Waals surface area contributed by atoms with Crippen LogP contribution in [0, 0.1) is 0 Å². The Morgan fingerprint density at radius 3 is 2.46 bits per heavy atom. The monoisotopic (exact) mass is 584 g/mol. The Kier molecular flexibility index (Phi) is 11.5. The van der Waals surface area contributed by atoms with Crippen LogP contribution in [0.5, 0.6) is 17.2 Å². The third-order valence-corrected chi connectivity index (χ3v) is 5.84. The lowest BCUT2D eigenvalue weighted by molar-refractivity contribution is -0.145. The first-order chi connectivity index (χ1) is 19.8. The summed E-state index contributed by atoms with van der Waals surface area (Å²) in [4.78, 5) is 37.0. The van der Waals surface area contributed by atoms with Gasteiger partial charge in [-0.1, -0.05) is 24.3 Å². The summed E-state index contributed by atoms with van der Waals surface area (Å²) in [5.74, 6) is -0.567. The zero-order valence-electron chi connectivity index (χ0n) is 23.1. The average molecular weight is 585 g/mol. The van der Waals surface area contributed by atoms with Crippen molar-refractivity contribution in [2.45, 2.75) is 26.8 Å². The van der Waals surface area contributed by atoms with Gasteiger partial charge in [0.1, 0.15) is 5.75 Å². The molecule has 12 nitrogen and oxygen atoms in total. The summed E-state index contributed by atoms with van der Waals surface area (Å²) >= 11 is 5.30. The fourth-order valence-electron chi connectivity index (χ4n) is 3.89. The smallest absolute Gasteiger partial charge is 0.344 e. The summed E-state index contributed by atoms with van der Waals surface area (Å²) in [5, 5.41) is 10.3. The Morgan fingerprint density at radius 1 is 1.00 bits per heavy atom. The van der Waals surface area contributed by atoms with Gasteiger partial charge in [-0.3, -0.25) is 4.79 Å². The number of para-hydroxylation sites is 2. The predicted molar refractivity (Wildman–Crippen MR) is 154 cm³/mol. The Balaban J connectivity index is 1.70. The van der Waals surface area contributed by atoms with Gasteiger partial charge in [0.15, 0.2) is 29.8 Å². The van der Waals surface area contributed by atoms with Gasteiger partial charge in [0.05, 0.1) is 38.2 Å². The molecule has 0 bridgehead atoms. The van der Waals surface area contributed by atoms with E-state index in [1.807, 2.05) is 0 Å². The lowest BCUT2D eigenvalue weighted by Crippen LogP contribution is -2.45. The minimum atomic E-state index is -0.652. The second-order valence-corrected chi connectivity index (χ2v) is 8.79. The van der Waals surface area contributed by atoms with Crippen LogP contribution in [-0.2, 0) is 23.9 Å². The maximum Gasteiger partial charge on any atom is 0.344 e. The Bertz CT molecular complexity index is 1340. The van der Waals surface area contributed by atoms with Crippen LogP contribution in [0.2, 0.25) is 0 Å². The largest absolute Gasteiger partial charge is 0.493 e. The lowest BCUT2D eigenvalue weighted by Gasteiger charge is -2.30. The summed E-state index contributed by atoms with van der Waals surface area (Å²) in [6.45, 7) is 4.90. The first kappa shape index (κ1) is 30.9. The molecular formula is C28H32N4O8S. The molecule has 3 rings (SSSR count). The predicted octanol–water partition coefficient (Wildman–Crippen LogP) is 2.52. The number of rotatable bonds is 13. The van der Waals surface area contributed by atoms with Gasteiger partial charge >= 0.3 is 11.9 Å². The van der Waals surface area contributed by atoms with E-state index in [2.05, 4.69) is 21.2 Å². The summed E-state index contributed by atoms with van der Waals surface area (Å²) in [5.41, 5.74) is 4.36. The van der Waals surface area contributed by atoms with Gasteiger partial charge in [-0.2, -0.15) is 5.10 Å². The number of carbonyl (C=O) groups excluding carboxylic acids is 3. The standard InChI is InChI=1S/C28H32N4O8S/c1-5-37-23(34)16-40-26-18(10-9-13-21(26)36-4)14-29-32-22(33)15-39-20-12-8-7-11-19(20)25-24(27(35)38-6-2)17(3)30-28(41)31-25/h7-14,25H,5-6,15-16H2,1-4H3,(H,32,33)(H2,30,31,41)/t25-/m0/s1. The van der Waals surface area contributed by atoms with Gasteiger partial charge < -0.3 is 34.3 Å². The van der Waals surface area contributed by atoms with E-state index in [1.165, 1.54) is 13.3 Å². The highest BCUT2D eigenvalue weighted by molar-refractivity contribution is 7.80. The van der Waals surface area contributed by atoms with Crippen LogP contribution in [-0.4, -0.2) is 62.7 Å². The van der Waals surface area contributed by atoms with Crippen molar-refractivity contribution in [1.29, 1.82) is 0 Å². The molecule has 0 saturated heterocycles. The molecule has 13 heteroatoms. The van der Waals surface area contributed by atoms with Gasteiger partial charge in [0.2, 0.25) is 0 Å².